The van der Waals surface area contributed by atoms with Crippen molar-refractivity contribution >= 4 is 0 Å². The van der Waals surface area contributed by atoms with Crippen LogP contribution in [-0.2, 0) is 0 Å². The van der Waals surface area contributed by atoms with Gasteiger partial charge in [0.25, 0.3) is 5.56 Å². The van der Waals surface area contributed by atoms with Gasteiger partial charge in [-0.3, -0.25) is 4.79 Å². The number of H-pyrrole nitrogens is 1. The fraction of sp³-hybridized carbons (Fsp3) is 0.222. The number of hydrogen-bond donors (Lipinski definition) is 1. The normalized spacial score (nSPS) is 10.8. The summed E-state index contributed by atoms with van der Waals surface area (Å²) < 4.78 is 16.4. The fourth-order valence-corrected chi connectivity index (χ4v) is 2.41. The maximum atomic E-state index is 11.3. The number of nitrogens with zero attached hydrogens (tertiary/aromatic N) is 1. The highest BCUT2D eigenvalue weighted by Crippen LogP contribution is 2.36. The van der Waals surface area contributed by atoms with Crippen molar-refractivity contribution in [3.05, 3.63) is 52.9 Å². The summed E-state index contributed by atoms with van der Waals surface area (Å²) in [5.74, 6) is 1.58. The predicted molar refractivity (Wildman–Crippen MR) is 90.3 cm³/mol. The molecule has 0 fully saturated rings. The number of nitrogens with one attached hydrogen (secondary N) is 1. The fourth-order valence-electron chi connectivity index (χ4n) is 2.41. The molecule has 0 bridgehead atoms. The van der Waals surface area contributed by atoms with Crippen LogP contribution >= 0.6 is 0 Å². The van der Waals surface area contributed by atoms with Crippen molar-refractivity contribution in [3.63, 3.8) is 0 Å². The van der Waals surface area contributed by atoms with E-state index in [9.17, 15) is 4.79 Å². The van der Waals surface area contributed by atoms with E-state index in [1.54, 1.807) is 13.3 Å². The number of aromatic amines is 1. The molecule has 3 aromatic rings. The van der Waals surface area contributed by atoms with Crippen molar-refractivity contribution < 1.29 is 14.0 Å². The first-order valence-electron chi connectivity index (χ1n) is 7.57. The van der Waals surface area contributed by atoms with E-state index in [4.69, 9.17) is 14.0 Å². The first kappa shape index (κ1) is 15.9. The predicted octanol–water partition coefficient (Wildman–Crippen LogP) is 3.49. The third-order valence-electron chi connectivity index (χ3n) is 3.42. The van der Waals surface area contributed by atoms with Gasteiger partial charge in [-0.25, -0.2) is 4.98 Å². The Morgan fingerprint density at radius 3 is 2.67 bits per heavy atom. The van der Waals surface area contributed by atoms with Crippen molar-refractivity contribution in [1.29, 1.82) is 0 Å². The lowest BCUT2D eigenvalue weighted by atomic mass is 10.0. The van der Waals surface area contributed by atoms with Gasteiger partial charge in [0.1, 0.15) is 5.75 Å². The Morgan fingerprint density at radius 2 is 2.00 bits per heavy atom. The maximum Gasteiger partial charge on any atom is 0.280 e. The van der Waals surface area contributed by atoms with Crippen LogP contribution in [0.1, 0.15) is 13.8 Å². The molecule has 0 atom stereocenters. The zero-order chi connectivity index (χ0) is 17.1. The van der Waals surface area contributed by atoms with E-state index in [2.05, 4.69) is 10.1 Å². The molecule has 6 nitrogen and oxygen atoms in total. The first-order chi connectivity index (χ1) is 11.6. The smallest absolute Gasteiger partial charge is 0.280 e. The molecule has 0 aliphatic heterocycles. The number of benzene rings is 1. The number of pyridine rings is 1. The van der Waals surface area contributed by atoms with Gasteiger partial charge in [0.05, 0.1) is 24.8 Å². The van der Waals surface area contributed by atoms with Crippen LogP contribution in [0.4, 0.5) is 0 Å². The Labute approximate surface area is 139 Å². The van der Waals surface area contributed by atoms with Crippen molar-refractivity contribution in [2.45, 2.75) is 20.0 Å². The molecule has 124 valence electrons. The van der Waals surface area contributed by atoms with Crippen molar-refractivity contribution in [2.75, 3.05) is 7.11 Å². The monoisotopic (exact) mass is 326 g/mol. The SMILES string of the molecule is COc1cc(-c2cccnc2OC(C)C)ccc1-c1cc(=O)[nH]o1. The molecule has 0 aliphatic rings. The average Bonchev–Trinajstić information content (AvgIpc) is 3.00. The molecule has 2 aromatic heterocycles. The van der Waals surface area contributed by atoms with Gasteiger partial charge in [0, 0.05) is 11.8 Å². The second kappa shape index (κ2) is 6.62. The van der Waals surface area contributed by atoms with E-state index < -0.39 is 0 Å². The molecular weight excluding hydrogens is 308 g/mol. The summed E-state index contributed by atoms with van der Waals surface area (Å²) in [6.07, 6.45) is 1.72. The quantitative estimate of drug-likeness (QED) is 0.776. The number of ether oxygens (including phenoxy) is 2. The summed E-state index contributed by atoms with van der Waals surface area (Å²) in [6.45, 7) is 3.91. The Morgan fingerprint density at radius 1 is 1.17 bits per heavy atom. The lowest BCUT2D eigenvalue weighted by molar-refractivity contribution is 0.234. The zero-order valence-electron chi connectivity index (χ0n) is 13.7. The van der Waals surface area contributed by atoms with Gasteiger partial charge >= 0.3 is 0 Å². The summed E-state index contributed by atoms with van der Waals surface area (Å²) in [5, 5.41) is 2.28. The van der Waals surface area contributed by atoms with E-state index in [-0.39, 0.29) is 11.7 Å². The topological polar surface area (TPSA) is 77.4 Å². The Kier molecular flexibility index (Phi) is 4.37. The van der Waals surface area contributed by atoms with Crippen LogP contribution < -0.4 is 15.0 Å². The highest BCUT2D eigenvalue weighted by molar-refractivity contribution is 5.76. The first-order valence-corrected chi connectivity index (χ1v) is 7.57. The minimum Gasteiger partial charge on any atom is -0.496 e. The second-order valence-corrected chi connectivity index (χ2v) is 5.51. The standard InChI is InChI=1S/C18H18N2O4/c1-11(2)23-18-13(5-4-8-19-18)12-6-7-14(15(9-12)22-3)16-10-17(21)20-24-16/h4-11H,1-3H3,(H,20,21). The number of rotatable bonds is 5. The lowest BCUT2D eigenvalue weighted by Crippen LogP contribution is -2.07. The van der Waals surface area contributed by atoms with Gasteiger partial charge < -0.3 is 14.0 Å². The molecule has 6 heteroatoms. The minimum atomic E-state index is -0.295. The van der Waals surface area contributed by atoms with Crippen LogP contribution in [0.2, 0.25) is 0 Å². The molecule has 24 heavy (non-hydrogen) atoms. The van der Waals surface area contributed by atoms with Gasteiger partial charge in [-0.1, -0.05) is 6.07 Å². The molecule has 0 saturated heterocycles. The van der Waals surface area contributed by atoms with E-state index in [1.165, 1.54) is 6.07 Å². The highest BCUT2D eigenvalue weighted by atomic mass is 16.5. The number of hydrogen-bond acceptors (Lipinski definition) is 5. The zero-order valence-corrected chi connectivity index (χ0v) is 13.7. The van der Waals surface area contributed by atoms with E-state index in [0.29, 0.717) is 23.0 Å². The molecule has 0 unspecified atom stereocenters. The summed E-state index contributed by atoms with van der Waals surface area (Å²) in [7, 11) is 1.57. The summed E-state index contributed by atoms with van der Waals surface area (Å²) in [5.41, 5.74) is 2.16. The van der Waals surface area contributed by atoms with Crippen LogP contribution in [-0.4, -0.2) is 23.4 Å². The molecule has 3 rings (SSSR count). The second-order valence-electron chi connectivity index (χ2n) is 5.51. The molecular formula is C18H18N2O4. The lowest BCUT2D eigenvalue weighted by Gasteiger charge is -2.14. The van der Waals surface area contributed by atoms with Crippen molar-refractivity contribution in [1.82, 2.24) is 10.1 Å². The van der Waals surface area contributed by atoms with Crippen molar-refractivity contribution in [2.24, 2.45) is 0 Å². The molecule has 0 spiro atoms. The van der Waals surface area contributed by atoms with Gasteiger partial charge in [-0.2, -0.15) is 5.16 Å². The largest absolute Gasteiger partial charge is 0.496 e. The molecule has 0 saturated carbocycles. The molecule has 2 heterocycles. The van der Waals surface area contributed by atoms with Gasteiger partial charge in [-0.15, -0.1) is 0 Å². The Balaban J connectivity index is 2.06. The Bertz CT molecular complexity index is 896. The molecule has 0 aliphatic carbocycles. The molecule has 0 radical (unpaired) electrons. The van der Waals surface area contributed by atoms with Crippen LogP contribution in [0, 0.1) is 0 Å². The van der Waals surface area contributed by atoms with Crippen LogP contribution in [0.25, 0.3) is 22.5 Å². The molecule has 1 N–H and O–H groups in total. The third kappa shape index (κ3) is 3.17. The molecule has 1 aromatic carbocycles. The summed E-state index contributed by atoms with van der Waals surface area (Å²) in [4.78, 5) is 15.6. The van der Waals surface area contributed by atoms with Gasteiger partial charge in [0.15, 0.2) is 5.76 Å². The van der Waals surface area contributed by atoms with Crippen LogP contribution in [0.15, 0.2) is 51.9 Å². The minimum absolute atomic E-state index is 0.0222. The van der Waals surface area contributed by atoms with Crippen LogP contribution in [0.5, 0.6) is 11.6 Å². The van der Waals surface area contributed by atoms with E-state index in [1.807, 2.05) is 44.2 Å². The number of aromatic nitrogens is 2. The Hall–Kier alpha value is -3.02. The van der Waals surface area contributed by atoms with Gasteiger partial charge in [-0.05, 0) is 43.7 Å². The van der Waals surface area contributed by atoms with E-state index >= 15 is 0 Å². The maximum absolute atomic E-state index is 11.3. The third-order valence-corrected chi connectivity index (χ3v) is 3.42. The average molecular weight is 326 g/mol. The highest BCUT2D eigenvalue weighted by Gasteiger charge is 2.15. The van der Waals surface area contributed by atoms with Crippen LogP contribution in [0.3, 0.4) is 0 Å². The molecule has 0 amide bonds. The van der Waals surface area contributed by atoms with Crippen molar-refractivity contribution in [3.8, 4) is 34.1 Å². The van der Waals surface area contributed by atoms with E-state index in [0.717, 1.165) is 11.1 Å². The summed E-state index contributed by atoms with van der Waals surface area (Å²) >= 11 is 0. The number of methoxy groups -OCH3 is 1. The summed E-state index contributed by atoms with van der Waals surface area (Å²) in [6, 6.07) is 10.8. The van der Waals surface area contributed by atoms with Gasteiger partial charge in [0.2, 0.25) is 5.88 Å².